The zero-order valence-corrected chi connectivity index (χ0v) is 13.3. The van der Waals surface area contributed by atoms with Crippen molar-refractivity contribution in [1.82, 2.24) is 20.7 Å². The minimum atomic E-state index is -1.06. The van der Waals surface area contributed by atoms with Gasteiger partial charge in [0.1, 0.15) is 0 Å². The van der Waals surface area contributed by atoms with Gasteiger partial charge in [0, 0.05) is 50.9 Å². The lowest BCUT2D eigenvalue weighted by atomic mass is 10.0. The molecule has 1 aromatic rings. The van der Waals surface area contributed by atoms with Crippen LogP contribution in [0.1, 0.15) is 16.8 Å². The van der Waals surface area contributed by atoms with Crippen LogP contribution in [-0.4, -0.2) is 72.3 Å². The fourth-order valence-corrected chi connectivity index (χ4v) is 3.31. The fraction of sp³-hybridized carbons (Fsp3) is 0.562. The number of hydrogen-bond acceptors (Lipinski definition) is 5. The van der Waals surface area contributed by atoms with Crippen LogP contribution in [0, 0.1) is 11.6 Å². The van der Waals surface area contributed by atoms with E-state index in [1.54, 1.807) is 5.01 Å². The smallest absolute Gasteiger partial charge is 0.265 e. The number of β-amino-alcohol motifs (C(OH)–C–C–N with tert-alkyl or cyclic N) is 1. The van der Waals surface area contributed by atoms with Crippen LogP contribution in [0.15, 0.2) is 18.2 Å². The number of carbonyl (C=O) groups excluding carboxylic acids is 1. The highest BCUT2D eigenvalue weighted by Gasteiger charge is 2.33. The third-order valence-corrected chi connectivity index (χ3v) is 4.61. The van der Waals surface area contributed by atoms with E-state index in [0.29, 0.717) is 13.1 Å². The van der Waals surface area contributed by atoms with Gasteiger partial charge in [-0.1, -0.05) is 0 Å². The lowest BCUT2D eigenvalue weighted by Crippen LogP contribution is -2.60. The van der Waals surface area contributed by atoms with Gasteiger partial charge in [-0.3, -0.25) is 15.1 Å². The molecule has 2 aliphatic heterocycles. The first kappa shape index (κ1) is 17.2. The van der Waals surface area contributed by atoms with Crippen LogP contribution >= 0.6 is 0 Å². The Hall–Kier alpha value is -1.61. The van der Waals surface area contributed by atoms with Crippen LogP contribution < -0.4 is 10.7 Å². The minimum Gasteiger partial charge on any atom is -0.390 e. The Kier molecular flexibility index (Phi) is 5.40. The molecule has 3 N–H and O–H groups in total. The molecular weight excluding hydrogens is 318 g/mol. The number of aliphatic hydroxyl groups is 1. The van der Waals surface area contributed by atoms with Gasteiger partial charge >= 0.3 is 0 Å². The zero-order chi connectivity index (χ0) is 17.1. The van der Waals surface area contributed by atoms with E-state index in [2.05, 4.69) is 15.6 Å². The van der Waals surface area contributed by atoms with Crippen LogP contribution in [0.25, 0.3) is 0 Å². The Balaban J connectivity index is 1.55. The van der Waals surface area contributed by atoms with E-state index in [1.807, 2.05) is 0 Å². The summed E-state index contributed by atoms with van der Waals surface area (Å²) in [7, 11) is 0. The molecule has 2 heterocycles. The molecule has 3 rings (SSSR count). The SMILES string of the molecule is O=C(NN1CCC(N2CCNCC2)C(O)C1)c1ccc(F)c(F)c1. The van der Waals surface area contributed by atoms with E-state index in [0.717, 1.165) is 44.7 Å². The Labute approximate surface area is 139 Å². The highest BCUT2D eigenvalue weighted by Crippen LogP contribution is 2.17. The van der Waals surface area contributed by atoms with E-state index in [1.165, 1.54) is 6.07 Å². The van der Waals surface area contributed by atoms with Crippen molar-refractivity contribution < 1.29 is 18.7 Å². The molecule has 2 saturated heterocycles. The molecule has 132 valence electrons. The molecule has 0 radical (unpaired) electrons. The topological polar surface area (TPSA) is 67.8 Å². The van der Waals surface area contributed by atoms with Crippen molar-refractivity contribution in [3.05, 3.63) is 35.4 Å². The Morgan fingerprint density at radius 3 is 2.62 bits per heavy atom. The number of carbonyl (C=O) groups is 1. The van der Waals surface area contributed by atoms with E-state index < -0.39 is 23.6 Å². The molecular formula is C16H22F2N4O2. The van der Waals surface area contributed by atoms with Gasteiger partial charge in [-0.15, -0.1) is 0 Å². The van der Waals surface area contributed by atoms with Crippen LogP contribution in [0.2, 0.25) is 0 Å². The molecule has 2 unspecified atom stereocenters. The number of halogens is 2. The number of piperazine rings is 1. The molecule has 1 aromatic carbocycles. The Morgan fingerprint density at radius 2 is 1.96 bits per heavy atom. The van der Waals surface area contributed by atoms with Gasteiger partial charge < -0.3 is 10.4 Å². The molecule has 2 atom stereocenters. The maximum Gasteiger partial charge on any atom is 0.265 e. The van der Waals surface area contributed by atoms with Crippen molar-refractivity contribution >= 4 is 5.91 Å². The summed E-state index contributed by atoms with van der Waals surface area (Å²) in [6, 6.07) is 3.12. The van der Waals surface area contributed by atoms with E-state index in [4.69, 9.17) is 0 Å². The first-order chi connectivity index (χ1) is 11.5. The average molecular weight is 340 g/mol. The first-order valence-electron chi connectivity index (χ1n) is 8.18. The zero-order valence-electron chi connectivity index (χ0n) is 13.3. The van der Waals surface area contributed by atoms with Gasteiger partial charge in [0.2, 0.25) is 0 Å². The van der Waals surface area contributed by atoms with Gasteiger partial charge in [0.15, 0.2) is 11.6 Å². The third kappa shape index (κ3) is 3.89. The number of hydrogen-bond donors (Lipinski definition) is 3. The molecule has 6 nitrogen and oxygen atoms in total. The Bertz CT molecular complexity index is 595. The van der Waals surface area contributed by atoms with Crippen LogP contribution in [-0.2, 0) is 0 Å². The molecule has 2 aliphatic rings. The van der Waals surface area contributed by atoms with Crippen molar-refractivity contribution in [3.63, 3.8) is 0 Å². The minimum absolute atomic E-state index is 0.0487. The number of aliphatic hydroxyl groups excluding tert-OH is 1. The monoisotopic (exact) mass is 340 g/mol. The Morgan fingerprint density at radius 1 is 1.21 bits per heavy atom. The second kappa shape index (κ2) is 7.52. The van der Waals surface area contributed by atoms with E-state index >= 15 is 0 Å². The number of nitrogens with one attached hydrogen (secondary N) is 2. The van der Waals surface area contributed by atoms with Crippen molar-refractivity contribution in [3.8, 4) is 0 Å². The quantitative estimate of drug-likeness (QED) is 0.720. The summed E-state index contributed by atoms with van der Waals surface area (Å²) in [5.74, 6) is -2.55. The number of benzene rings is 1. The summed E-state index contributed by atoms with van der Waals surface area (Å²) in [4.78, 5) is 14.4. The number of piperidine rings is 1. The third-order valence-electron chi connectivity index (χ3n) is 4.61. The molecule has 0 spiro atoms. The molecule has 1 amide bonds. The van der Waals surface area contributed by atoms with Crippen LogP contribution in [0.5, 0.6) is 0 Å². The molecule has 0 aromatic heterocycles. The van der Waals surface area contributed by atoms with Crippen molar-refractivity contribution in [2.24, 2.45) is 0 Å². The highest BCUT2D eigenvalue weighted by atomic mass is 19.2. The molecule has 24 heavy (non-hydrogen) atoms. The predicted octanol–water partition coefficient (Wildman–Crippen LogP) is -0.0500. The van der Waals surface area contributed by atoms with Crippen molar-refractivity contribution in [2.45, 2.75) is 18.6 Å². The molecule has 0 saturated carbocycles. The maximum atomic E-state index is 13.2. The van der Waals surface area contributed by atoms with Crippen molar-refractivity contribution in [1.29, 1.82) is 0 Å². The second-order valence-electron chi connectivity index (χ2n) is 6.23. The number of nitrogens with zero attached hydrogens (tertiary/aromatic N) is 2. The maximum absolute atomic E-state index is 13.2. The lowest BCUT2D eigenvalue weighted by Gasteiger charge is -2.43. The summed E-state index contributed by atoms with van der Waals surface area (Å²) >= 11 is 0. The lowest BCUT2D eigenvalue weighted by molar-refractivity contribution is -0.0294. The van der Waals surface area contributed by atoms with Gasteiger partial charge in [0.05, 0.1) is 6.10 Å². The van der Waals surface area contributed by atoms with Gasteiger partial charge in [-0.05, 0) is 24.6 Å². The summed E-state index contributed by atoms with van der Waals surface area (Å²) in [6.45, 7) is 4.55. The van der Waals surface area contributed by atoms with Crippen LogP contribution in [0.4, 0.5) is 8.78 Å². The summed E-state index contributed by atoms with van der Waals surface area (Å²) in [5, 5.41) is 15.3. The van der Waals surface area contributed by atoms with Gasteiger partial charge in [-0.25, -0.2) is 13.8 Å². The summed E-state index contributed by atoms with van der Waals surface area (Å²) in [5.41, 5.74) is 2.70. The van der Waals surface area contributed by atoms with Crippen LogP contribution in [0.3, 0.4) is 0 Å². The van der Waals surface area contributed by atoms with E-state index in [9.17, 15) is 18.7 Å². The largest absolute Gasteiger partial charge is 0.390 e. The fourth-order valence-electron chi connectivity index (χ4n) is 3.31. The number of amides is 1. The number of rotatable bonds is 3. The first-order valence-corrected chi connectivity index (χ1v) is 8.18. The van der Waals surface area contributed by atoms with Gasteiger partial charge in [0.25, 0.3) is 5.91 Å². The molecule has 2 fully saturated rings. The molecule has 8 heteroatoms. The van der Waals surface area contributed by atoms with Crippen molar-refractivity contribution in [2.75, 3.05) is 39.3 Å². The molecule has 0 aliphatic carbocycles. The average Bonchev–Trinajstić information content (AvgIpc) is 2.58. The normalized spacial score (nSPS) is 26.3. The number of hydrazine groups is 1. The van der Waals surface area contributed by atoms with Gasteiger partial charge in [-0.2, -0.15) is 0 Å². The highest BCUT2D eigenvalue weighted by molar-refractivity contribution is 5.93. The standard InChI is InChI=1S/C16H22F2N4O2/c17-12-2-1-11(9-13(12)18)16(24)20-22-6-3-14(15(23)10-22)21-7-4-19-5-8-21/h1-2,9,14-15,19,23H,3-8,10H2,(H,20,24). The summed E-state index contributed by atoms with van der Waals surface area (Å²) < 4.78 is 26.2. The predicted molar refractivity (Wildman–Crippen MR) is 84.3 cm³/mol. The second-order valence-corrected chi connectivity index (χ2v) is 6.23. The van der Waals surface area contributed by atoms with E-state index in [-0.39, 0.29) is 11.6 Å². The summed E-state index contributed by atoms with van der Waals surface area (Å²) in [6.07, 6.45) is 0.168. The molecule has 0 bridgehead atoms.